The predicted molar refractivity (Wildman–Crippen MR) is 83.1 cm³/mol. The van der Waals surface area contributed by atoms with Crippen molar-refractivity contribution in [3.8, 4) is 0 Å². The van der Waals surface area contributed by atoms with Crippen LogP contribution in [0.25, 0.3) is 0 Å². The van der Waals surface area contributed by atoms with Gasteiger partial charge in [-0.1, -0.05) is 11.6 Å². The maximum absolute atomic E-state index is 13.6. The Morgan fingerprint density at radius 1 is 1.52 bits per heavy atom. The van der Waals surface area contributed by atoms with Crippen LogP contribution in [0.2, 0.25) is 5.02 Å². The Labute approximate surface area is 130 Å². The lowest BCUT2D eigenvalue weighted by molar-refractivity contribution is -0.121. The molecule has 1 aliphatic heterocycles. The summed E-state index contributed by atoms with van der Waals surface area (Å²) in [5.41, 5.74) is 0.809. The van der Waals surface area contributed by atoms with Gasteiger partial charge in [0.15, 0.2) is 0 Å². The molecule has 116 valence electrons. The standard InChI is InChI=1S/C16H22ClFN2O/c1-19-16(21)9-12(8-15-4-3-5-20(15)2)11-6-13(17)10-14(18)7-11/h6-7,10,12,15H,3-5,8-9H2,1-2H3,(H,19,21)/t12?,15-/m0/s1. The second kappa shape index (κ2) is 7.23. The zero-order chi connectivity index (χ0) is 15.4. The smallest absolute Gasteiger partial charge is 0.220 e. The molecule has 1 saturated heterocycles. The van der Waals surface area contributed by atoms with E-state index in [2.05, 4.69) is 17.3 Å². The summed E-state index contributed by atoms with van der Waals surface area (Å²) in [6, 6.07) is 5.01. The van der Waals surface area contributed by atoms with Gasteiger partial charge >= 0.3 is 0 Å². The zero-order valence-corrected chi connectivity index (χ0v) is 13.3. The summed E-state index contributed by atoms with van der Waals surface area (Å²) in [4.78, 5) is 14.1. The minimum atomic E-state index is -0.348. The van der Waals surface area contributed by atoms with Crippen LogP contribution in [0.15, 0.2) is 18.2 Å². The van der Waals surface area contributed by atoms with Crippen molar-refractivity contribution in [1.82, 2.24) is 10.2 Å². The fourth-order valence-electron chi connectivity index (χ4n) is 3.08. The van der Waals surface area contributed by atoms with E-state index in [9.17, 15) is 9.18 Å². The Bertz CT molecular complexity index is 489. The number of amides is 1. The molecule has 2 atom stereocenters. The monoisotopic (exact) mass is 312 g/mol. The fourth-order valence-corrected chi connectivity index (χ4v) is 3.31. The topological polar surface area (TPSA) is 32.3 Å². The largest absolute Gasteiger partial charge is 0.359 e. The molecule has 1 aromatic rings. The van der Waals surface area contributed by atoms with Crippen molar-refractivity contribution in [2.24, 2.45) is 0 Å². The summed E-state index contributed by atoms with van der Waals surface area (Å²) < 4.78 is 13.6. The molecule has 5 heteroatoms. The maximum atomic E-state index is 13.6. The first-order valence-electron chi connectivity index (χ1n) is 7.36. The average Bonchev–Trinajstić information content (AvgIpc) is 2.82. The van der Waals surface area contributed by atoms with E-state index < -0.39 is 0 Å². The Balaban J connectivity index is 2.19. The number of likely N-dealkylation sites (tertiary alicyclic amines) is 1. The number of carbonyl (C=O) groups is 1. The maximum Gasteiger partial charge on any atom is 0.220 e. The molecule has 0 radical (unpaired) electrons. The van der Waals surface area contributed by atoms with E-state index in [1.807, 2.05) is 0 Å². The molecule has 1 N–H and O–H groups in total. The van der Waals surface area contributed by atoms with Gasteiger partial charge in [-0.2, -0.15) is 0 Å². The summed E-state index contributed by atoms with van der Waals surface area (Å²) in [7, 11) is 3.73. The Morgan fingerprint density at radius 2 is 2.29 bits per heavy atom. The molecule has 0 bridgehead atoms. The van der Waals surface area contributed by atoms with Crippen LogP contribution in [-0.4, -0.2) is 37.5 Å². The second-order valence-corrected chi connectivity index (χ2v) is 6.23. The summed E-state index contributed by atoms with van der Waals surface area (Å²) in [5, 5.41) is 3.03. The van der Waals surface area contributed by atoms with Crippen molar-refractivity contribution >= 4 is 17.5 Å². The van der Waals surface area contributed by atoms with Crippen LogP contribution in [0.1, 0.15) is 37.2 Å². The Hall–Kier alpha value is -1.13. The number of halogens is 2. The first kappa shape index (κ1) is 16.2. The lowest BCUT2D eigenvalue weighted by Crippen LogP contribution is -2.29. The highest BCUT2D eigenvalue weighted by Crippen LogP contribution is 2.32. The molecular weight excluding hydrogens is 291 g/mol. The van der Waals surface area contributed by atoms with E-state index in [0.29, 0.717) is 17.5 Å². The molecule has 1 heterocycles. The summed E-state index contributed by atoms with van der Waals surface area (Å²) >= 11 is 5.96. The molecule has 21 heavy (non-hydrogen) atoms. The molecule has 2 rings (SSSR count). The molecule has 1 unspecified atom stereocenters. The molecule has 1 aliphatic rings. The van der Waals surface area contributed by atoms with Crippen LogP contribution in [0, 0.1) is 5.82 Å². The molecule has 0 saturated carbocycles. The van der Waals surface area contributed by atoms with Crippen LogP contribution >= 0.6 is 11.6 Å². The number of hydrogen-bond donors (Lipinski definition) is 1. The first-order chi connectivity index (χ1) is 9.99. The van der Waals surface area contributed by atoms with E-state index >= 15 is 0 Å². The number of rotatable bonds is 5. The van der Waals surface area contributed by atoms with Crippen molar-refractivity contribution in [1.29, 1.82) is 0 Å². The molecule has 1 fully saturated rings. The molecule has 0 spiro atoms. The first-order valence-corrected chi connectivity index (χ1v) is 7.74. The molecular formula is C16H22ClFN2O. The van der Waals surface area contributed by atoms with E-state index in [1.165, 1.54) is 18.6 Å². The average molecular weight is 313 g/mol. The van der Waals surface area contributed by atoms with E-state index in [0.717, 1.165) is 24.9 Å². The lowest BCUT2D eigenvalue weighted by atomic mass is 9.88. The molecule has 0 aromatic heterocycles. The van der Waals surface area contributed by atoms with Crippen LogP contribution < -0.4 is 5.32 Å². The SMILES string of the molecule is CNC(=O)CC(C[C@@H]1CCCN1C)c1cc(F)cc(Cl)c1. The number of nitrogens with one attached hydrogen (secondary N) is 1. The number of benzene rings is 1. The Kier molecular flexibility index (Phi) is 5.59. The number of carbonyl (C=O) groups excluding carboxylic acids is 1. The summed E-state index contributed by atoms with van der Waals surface area (Å²) in [6.45, 7) is 1.08. The van der Waals surface area contributed by atoms with Gasteiger partial charge in [0.1, 0.15) is 5.82 Å². The van der Waals surface area contributed by atoms with Gasteiger partial charge in [0, 0.05) is 24.5 Å². The van der Waals surface area contributed by atoms with E-state index in [1.54, 1.807) is 13.1 Å². The number of hydrogen-bond acceptors (Lipinski definition) is 2. The predicted octanol–water partition coefficient (Wildman–Crippen LogP) is 3.18. The van der Waals surface area contributed by atoms with Gasteiger partial charge in [-0.15, -0.1) is 0 Å². The van der Waals surface area contributed by atoms with Gasteiger partial charge in [0.05, 0.1) is 0 Å². The zero-order valence-electron chi connectivity index (χ0n) is 12.5. The third kappa shape index (κ3) is 4.42. The van der Waals surface area contributed by atoms with Crippen molar-refractivity contribution in [3.63, 3.8) is 0 Å². The third-order valence-corrected chi connectivity index (χ3v) is 4.51. The van der Waals surface area contributed by atoms with Crippen LogP contribution in [0.5, 0.6) is 0 Å². The van der Waals surface area contributed by atoms with E-state index in [-0.39, 0.29) is 17.6 Å². The van der Waals surface area contributed by atoms with Gasteiger partial charge in [0.2, 0.25) is 5.91 Å². The normalized spacial score (nSPS) is 20.5. The highest BCUT2D eigenvalue weighted by Gasteiger charge is 2.26. The van der Waals surface area contributed by atoms with Gasteiger partial charge in [-0.25, -0.2) is 4.39 Å². The third-order valence-electron chi connectivity index (χ3n) is 4.30. The van der Waals surface area contributed by atoms with Crippen molar-refractivity contribution in [2.75, 3.05) is 20.6 Å². The molecule has 0 aliphatic carbocycles. The molecule has 1 aromatic carbocycles. The van der Waals surface area contributed by atoms with Gasteiger partial charge < -0.3 is 10.2 Å². The fraction of sp³-hybridized carbons (Fsp3) is 0.562. The summed E-state index contributed by atoms with van der Waals surface area (Å²) in [6.07, 6.45) is 3.52. The van der Waals surface area contributed by atoms with Crippen molar-refractivity contribution in [2.45, 2.75) is 37.6 Å². The van der Waals surface area contributed by atoms with Crippen molar-refractivity contribution in [3.05, 3.63) is 34.6 Å². The second-order valence-electron chi connectivity index (χ2n) is 5.79. The van der Waals surface area contributed by atoms with Crippen molar-refractivity contribution < 1.29 is 9.18 Å². The van der Waals surface area contributed by atoms with Gasteiger partial charge in [-0.05, 0) is 62.5 Å². The van der Waals surface area contributed by atoms with Gasteiger partial charge in [-0.3, -0.25) is 4.79 Å². The number of nitrogens with zero attached hydrogens (tertiary/aromatic N) is 1. The highest BCUT2D eigenvalue weighted by atomic mass is 35.5. The minimum absolute atomic E-state index is 0.0105. The quantitative estimate of drug-likeness (QED) is 0.905. The minimum Gasteiger partial charge on any atom is -0.359 e. The van der Waals surface area contributed by atoms with Crippen LogP contribution in [-0.2, 0) is 4.79 Å². The molecule has 1 amide bonds. The summed E-state index contributed by atoms with van der Waals surface area (Å²) in [5.74, 6) is -0.385. The van der Waals surface area contributed by atoms with E-state index in [4.69, 9.17) is 11.6 Å². The lowest BCUT2D eigenvalue weighted by Gasteiger charge is -2.25. The Morgan fingerprint density at radius 3 is 2.86 bits per heavy atom. The molecule has 3 nitrogen and oxygen atoms in total. The van der Waals surface area contributed by atoms with Crippen LogP contribution in [0.3, 0.4) is 0 Å². The highest BCUT2D eigenvalue weighted by molar-refractivity contribution is 6.30. The van der Waals surface area contributed by atoms with Crippen LogP contribution in [0.4, 0.5) is 4.39 Å². The van der Waals surface area contributed by atoms with Gasteiger partial charge in [0.25, 0.3) is 0 Å².